The first-order valence-corrected chi connectivity index (χ1v) is 12.3. The molecule has 0 unspecified atom stereocenters. The normalized spacial score (nSPS) is 11.0. The van der Waals surface area contributed by atoms with Crippen molar-refractivity contribution < 1.29 is 14.3 Å². The third kappa shape index (κ3) is 5.16. The molecular weight excluding hydrogens is 468 g/mol. The molecular formula is C28H26N6O3. The molecule has 2 aromatic heterocycles. The average Bonchev–Trinajstić information content (AvgIpc) is 3.47. The average molecular weight is 495 g/mol. The smallest absolute Gasteiger partial charge is 0.340 e. The number of carbonyl (C=O) groups excluding carboxylic acids is 1. The summed E-state index contributed by atoms with van der Waals surface area (Å²) in [5, 5.41) is 14.4. The maximum absolute atomic E-state index is 12.5. The number of nitrogens with zero attached hydrogens (tertiary/aromatic N) is 5. The highest BCUT2D eigenvalue weighted by Gasteiger charge is 2.18. The molecule has 37 heavy (non-hydrogen) atoms. The van der Waals surface area contributed by atoms with E-state index in [-0.39, 0.29) is 6.61 Å². The number of carbonyl (C=O) groups is 1. The highest BCUT2D eigenvalue weighted by molar-refractivity contribution is 6.01. The van der Waals surface area contributed by atoms with E-state index in [0.717, 1.165) is 35.2 Å². The Morgan fingerprint density at radius 2 is 1.73 bits per heavy atom. The lowest BCUT2D eigenvalue weighted by Crippen LogP contribution is -2.08. The monoisotopic (exact) mass is 494 g/mol. The Balaban J connectivity index is 1.49. The Morgan fingerprint density at radius 1 is 0.919 bits per heavy atom. The molecule has 0 fully saturated rings. The van der Waals surface area contributed by atoms with Crippen LogP contribution in [0.3, 0.4) is 0 Å². The Hall–Kier alpha value is -4.66. The fourth-order valence-corrected chi connectivity index (χ4v) is 4.08. The van der Waals surface area contributed by atoms with Crippen LogP contribution < -0.4 is 4.74 Å². The summed E-state index contributed by atoms with van der Waals surface area (Å²) in [7, 11) is 0. The second-order valence-corrected chi connectivity index (χ2v) is 8.38. The molecule has 3 aromatic carbocycles. The molecule has 0 amide bonds. The van der Waals surface area contributed by atoms with Gasteiger partial charge < -0.3 is 9.47 Å². The summed E-state index contributed by atoms with van der Waals surface area (Å²) in [5.41, 5.74) is 5.05. The lowest BCUT2D eigenvalue weighted by molar-refractivity contribution is 0.0528. The number of aromatic amines is 1. The highest BCUT2D eigenvalue weighted by atomic mass is 16.5. The molecule has 9 nitrogen and oxygen atoms in total. The van der Waals surface area contributed by atoms with Crippen LogP contribution in [0.2, 0.25) is 0 Å². The van der Waals surface area contributed by atoms with Crippen molar-refractivity contribution in [2.75, 3.05) is 6.61 Å². The van der Waals surface area contributed by atoms with Gasteiger partial charge in [-0.1, -0.05) is 55.8 Å². The number of H-pyrrole nitrogens is 1. The van der Waals surface area contributed by atoms with Crippen LogP contribution in [0.1, 0.15) is 42.7 Å². The molecule has 0 spiro atoms. The minimum absolute atomic E-state index is 0.281. The molecule has 0 aliphatic heterocycles. The van der Waals surface area contributed by atoms with Crippen LogP contribution in [0.25, 0.3) is 33.5 Å². The van der Waals surface area contributed by atoms with Crippen molar-refractivity contribution in [1.82, 2.24) is 30.6 Å². The van der Waals surface area contributed by atoms with Crippen molar-refractivity contribution in [3.8, 4) is 34.1 Å². The molecule has 0 radical (unpaired) electrons. The lowest BCUT2D eigenvalue weighted by Gasteiger charge is -2.13. The summed E-state index contributed by atoms with van der Waals surface area (Å²) in [6.45, 7) is 4.18. The minimum Gasteiger partial charge on any atom is -0.462 e. The van der Waals surface area contributed by atoms with Gasteiger partial charge in [0.25, 0.3) is 0 Å². The molecule has 0 saturated heterocycles. The van der Waals surface area contributed by atoms with Crippen LogP contribution in [0, 0.1) is 0 Å². The van der Waals surface area contributed by atoms with E-state index in [4.69, 9.17) is 19.4 Å². The minimum atomic E-state index is -0.431. The number of esters is 1. The molecule has 0 bridgehead atoms. The quantitative estimate of drug-likeness (QED) is 0.256. The van der Waals surface area contributed by atoms with Crippen molar-refractivity contribution >= 4 is 17.0 Å². The summed E-state index contributed by atoms with van der Waals surface area (Å²) in [6.07, 6.45) is 2.67. The third-order valence-corrected chi connectivity index (χ3v) is 5.89. The van der Waals surface area contributed by atoms with E-state index in [1.165, 1.54) is 0 Å². The maximum Gasteiger partial charge on any atom is 0.340 e. The molecule has 0 saturated carbocycles. The van der Waals surface area contributed by atoms with Crippen LogP contribution in [0.15, 0.2) is 66.7 Å². The summed E-state index contributed by atoms with van der Waals surface area (Å²) >= 11 is 0. The number of hydrogen-bond acceptors (Lipinski definition) is 8. The number of hydrogen-bond donors (Lipinski definition) is 1. The number of fused-ring (bicyclic) bond motifs is 1. The number of ether oxygens (including phenoxy) is 2. The first-order chi connectivity index (χ1) is 18.2. The number of tetrazole rings is 1. The number of para-hydroxylation sites is 1. The van der Waals surface area contributed by atoms with E-state index in [2.05, 4.69) is 27.5 Å². The van der Waals surface area contributed by atoms with E-state index >= 15 is 0 Å². The van der Waals surface area contributed by atoms with Gasteiger partial charge in [-0.05, 0) is 60.4 Å². The molecule has 5 rings (SSSR count). The molecule has 0 aliphatic rings. The van der Waals surface area contributed by atoms with Crippen LogP contribution in [-0.2, 0) is 11.2 Å². The van der Waals surface area contributed by atoms with E-state index < -0.39 is 5.97 Å². The van der Waals surface area contributed by atoms with Gasteiger partial charge in [0.15, 0.2) is 0 Å². The van der Waals surface area contributed by atoms with Crippen LogP contribution in [0.5, 0.6) is 11.6 Å². The van der Waals surface area contributed by atoms with E-state index in [9.17, 15) is 4.79 Å². The Bertz CT molecular complexity index is 1520. The molecule has 0 aliphatic carbocycles. The van der Waals surface area contributed by atoms with Crippen molar-refractivity contribution in [2.24, 2.45) is 0 Å². The van der Waals surface area contributed by atoms with Gasteiger partial charge in [-0.15, -0.1) is 10.2 Å². The summed E-state index contributed by atoms with van der Waals surface area (Å²) in [5.74, 6) is 1.10. The first kappa shape index (κ1) is 24.1. The topological polar surface area (TPSA) is 116 Å². The Kier molecular flexibility index (Phi) is 7.12. The van der Waals surface area contributed by atoms with Crippen LogP contribution >= 0.6 is 0 Å². The molecule has 2 heterocycles. The van der Waals surface area contributed by atoms with Crippen molar-refractivity contribution in [2.45, 2.75) is 33.1 Å². The largest absolute Gasteiger partial charge is 0.462 e. The summed E-state index contributed by atoms with van der Waals surface area (Å²) in [6, 6.07) is 20.9. The van der Waals surface area contributed by atoms with E-state index in [1.807, 2.05) is 54.6 Å². The van der Waals surface area contributed by atoms with E-state index in [0.29, 0.717) is 40.5 Å². The fraction of sp³-hybridized carbons (Fsp3) is 0.214. The van der Waals surface area contributed by atoms with Crippen molar-refractivity contribution in [3.63, 3.8) is 0 Å². The number of benzene rings is 3. The maximum atomic E-state index is 12.5. The van der Waals surface area contributed by atoms with Crippen molar-refractivity contribution in [1.29, 1.82) is 0 Å². The van der Waals surface area contributed by atoms with Gasteiger partial charge >= 0.3 is 5.97 Å². The summed E-state index contributed by atoms with van der Waals surface area (Å²) in [4.78, 5) is 22.1. The molecule has 5 aromatic rings. The molecule has 1 N–H and O–H groups in total. The standard InChI is InChI=1S/C28H26N6O3/c1-3-5-12-24-27(30-25-22(28(35)36-4-2)11-8-13-23(25)29-24)37-19-16-14-18(15-17-19)20-9-6-7-10-21(20)26-31-33-34-32-26/h6-11,13-17H,3-5,12H2,1-2H3,(H,31,32,33,34). The zero-order valence-electron chi connectivity index (χ0n) is 20.6. The van der Waals surface area contributed by atoms with Crippen LogP contribution in [0.4, 0.5) is 0 Å². The zero-order chi connectivity index (χ0) is 25.6. The van der Waals surface area contributed by atoms with Crippen LogP contribution in [-0.4, -0.2) is 43.2 Å². The predicted octanol–water partition coefficient (Wildman–Crippen LogP) is 5.79. The zero-order valence-corrected chi connectivity index (χ0v) is 20.6. The fourth-order valence-electron chi connectivity index (χ4n) is 4.08. The van der Waals surface area contributed by atoms with Gasteiger partial charge in [0.1, 0.15) is 17.0 Å². The predicted molar refractivity (Wildman–Crippen MR) is 139 cm³/mol. The Labute approximate surface area is 213 Å². The molecule has 186 valence electrons. The number of aromatic nitrogens is 6. The lowest BCUT2D eigenvalue weighted by atomic mass is 9.99. The van der Waals surface area contributed by atoms with E-state index in [1.54, 1.807) is 19.1 Å². The van der Waals surface area contributed by atoms with Gasteiger partial charge in [-0.25, -0.2) is 14.8 Å². The van der Waals surface area contributed by atoms with Crippen molar-refractivity contribution in [3.05, 3.63) is 78.0 Å². The van der Waals surface area contributed by atoms with Gasteiger partial charge in [0.2, 0.25) is 11.7 Å². The number of unbranched alkanes of at least 4 members (excludes halogenated alkanes) is 1. The molecule has 9 heteroatoms. The highest BCUT2D eigenvalue weighted by Crippen LogP contribution is 2.33. The number of aryl methyl sites for hydroxylation is 1. The van der Waals surface area contributed by atoms with Gasteiger partial charge in [0.05, 0.1) is 17.7 Å². The SMILES string of the molecule is CCCCc1nc2cccc(C(=O)OCC)c2nc1Oc1ccc(-c2ccccc2-c2nn[nH]n2)cc1. The number of rotatable bonds is 9. The first-order valence-electron chi connectivity index (χ1n) is 12.3. The van der Waals surface area contributed by atoms with Gasteiger partial charge in [-0.3, -0.25) is 0 Å². The van der Waals surface area contributed by atoms with Gasteiger partial charge in [0, 0.05) is 5.56 Å². The second-order valence-electron chi connectivity index (χ2n) is 8.38. The molecule has 0 atom stereocenters. The summed E-state index contributed by atoms with van der Waals surface area (Å²) < 4.78 is 11.5. The second kappa shape index (κ2) is 10.9. The third-order valence-electron chi connectivity index (χ3n) is 5.89. The number of nitrogens with one attached hydrogen (secondary N) is 1. The Morgan fingerprint density at radius 3 is 2.46 bits per heavy atom. The van der Waals surface area contributed by atoms with Gasteiger partial charge in [-0.2, -0.15) is 5.21 Å².